The van der Waals surface area contributed by atoms with Crippen molar-refractivity contribution in [2.45, 2.75) is 51.5 Å². The van der Waals surface area contributed by atoms with Gasteiger partial charge in [0.2, 0.25) is 0 Å². The van der Waals surface area contributed by atoms with E-state index < -0.39 is 0 Å². The number of amides is 1. The molecule has 1 aromatic heterocycles. The van der Waals surface area contributed by atoms with E-state index in [0.717, 1.165) is 57.8 Å². The maximum Gasteiger partial charge on any atom is 0.276 e. The zero-order chi connectivity index (χ0) is 15.4. The maximum atomic E-state index is 12.6. The molecule has 2 saturated heterocycles. The summed E-state index contributed by atoms with van der Waals surface area (Å²) in [5.41, 5.74) is 0.508. The summed E-state index contributed by atoms with van der Waals surface area (Å²) in [7, 11) is 0. The normalized spacial score (nSPS) is 23.2. The lowest BCUT2D eigenvalue weighted by Gasteiger charge is -2.22. The second kappa shape index (κ2) is 8.64. The predicted molar refractivity (Wildman–Crippen MR) is 91.9 cm³/mol. The third kappa shape index (κ3) is 4.44. The molecule has 0 saturated carbocycles. The highest BCUT2D eigenvalue weighted by Gasteiger charge is 2.24. The minimum atomic E-state index is 0. The number of likely N-dealkylation sites (tertiary alicyclic amines) is 1. The average molecular weight is 342 g/mol. The van der Waals surface area contributed by atoms with Crippen LogP contribution in [0, 0.1) is 5.92 Å². The number of carbonyl (C=O) groups is 1. The van der Waals surface area contributed by atoms with Crippen molar-refractivity contribution in [2.75, 3.05) is 26.2 Å². The Morgan fingerprint density at radius 3 is 2.78 bits per heavy atom. The monoisotopic (exact) mass is 341 g/mol. The van der Waals surface area contributed by atoms with Crippen molar-refractivity contribution in [3.63, 3.8) is 0 Å². The molecule has 1 N–H and O–H groups in total. The fourth-order valence-corrected chi connectivity index (χ4v) is 3.56. The number of hydrogen-bond acceptors (Lipinski definition) is 4. The molecule has 3 heterocycles. The van der Waals surface area contributed by atoms with Crippen molar-refractivity contribution in [1.82, 2.24) is 25.2 Å². The number of halogens is 1. The molecule has 1 unspecified atom stereocenters. The molecule has 2 fully saturated rings. The number of nitrogens with one attached hydrogen (secondary N) is 1. The third-order valence-electron chi connectivity index (χ3n) is 5.12. The first-order valence-corrected chi connectivity index (χ1v) is 8.69. The van der Waals surface area contributed by atoms with Crippen LogP contribution in [0.1, 0.15) is 62.0 Å². The molecular weight excluding hydrogens is 314 g/mol. The van der Waals surface area contributed by atoms with Gasteiger partial charge in [-0.05, 0) is 51.1 Å². The van der Waals surface area contributed by atoms with Crippen molar-refractivity contribution in [1.29, 1.82) is 0 Å². The Kier molecular flexibility index (Phi) is 6.84. The molecule has 2 aliphatic heterocycles. The summed E-state index contributed by atoms with van der Waals surface area (Å²) in [5, 5.41) is 11.7. The van der Waals surface area contributed by atoms with Gasteiger partial charge in [0.05, 0.1) is 12.2 Å². The molecule has 7 heteroatoms. The van der Waals surface area contributed by atoms with Crippen molar-refractivity contribution >= 4 is 18.3 Å². The largest absolute Gasteiger partial charge is 0.337 e. The zero-order valence-electron chi connectivity index (χ0n) is 13.9. The van der Waals surface area contributed by atoms with Crippen LogP contribution in [0.25, 0.3) is 0 Å². The standard InChI is InChI=1S/C16H27N5O.ClH/c1-2-13-4-3-10-20(11-7-13)16(22)15-12-21(19-18-15)14-5-8-17-9-6-14;/h12-14,17H,2-11H2,1H3;1H. The SMILES string of the molecule is CCC1CCCN(C(=O)c2cn(C3CCNCC3)nn2)CC1.Cl. The molecule has 130 valence electrons. The number of aromatic nitrogens is 3. The highest BCUT2D eigenvalue weighted by atomic mass is 35.5. The predicted octanol–water partition coefficient (Wildman–Crippen LogP) is 2.28. The van der Waals surface area contributed by atoms with Crippen LogP contribution in [-0.2, 0) is 0 Å². The fourth-order valence-electron chi connectivity index (χ4n) is 3.56. The topological polar surface area (TPSA) is 63.1 Å². The number of nitrogens with zero attached hydrogens (tertiary/aromatic N) is 4. The zero-order valence-corrected chi connectivity index (χ0v) is 14.7. The number of hydrogen-bond donors (Lipinski definition) is 1. The summed E-state index contributed by atoms with van der Waals surface area (Å²) in [5.74, 6) is 0.820. The van der Waals surface area contributed by atoms with Crippen molar-refractivity contribution in [2.24, 2.45) is 5.92 Å². The molecule has 0 bridgehead atoms. The van der Waals surface area contributed by atoms with Crippen LogP contribution in [0.3, 0.4) is 0 Å². The van der Waals surface area contributed by atoms with E-state index in [1.807, 2.05) is 15.8 Å². The summed E-state index contributed by atoms with van der Waals surface area (Å²) in [6, 6.07) is 0.379. The summed E-state index contributed by atoms with van der Waals surface area (Å²) in [6.07, 6.45) is 8.63. The summed E-state index contributed by atoms with van der Waals surface area (Å²) in [4.78, 5) is 14.6. The first kappa shape index (κ1) is 18.2. The van der Waals surface area contributed by atoms with Gasteiger partial charge in [-0.1, -0.05) is 18.6 Å². The van der Waals surface area contributed by atoms with E-state index in [9.17, 15) is 4.79 Å². The van der Waals surface area contributed by atoms with Crippen LogP contribution in [-0.4, -0.2) is 52.0 Å². The van der Waals surface area contributed by atoms with Gasteiger partial charge < -0.3 is 10.2 Å². The van der Waals surface area contributed by atoms with Gasteiger partial charge in [0.1, 0.15) is 0 Å². The van der Waals surface area contributed by atoms with Crippen molar-refractivity contribution in [3.05, 3.63) is 11.9 Å². The molecule has 6 nitrogen and oxygen atoms in total. The van der Waals surface area contributed by atoms with E-state index in [2.05, 4.69) is 22.6 Å². The van der Waals surface area contributed by atoms with Gasteiger partial charge in [-0.2, -0.15) is 0 Å². The number of piperidine rings is 1. The Hall–Kier alpha value is -1.14. The van der Waals surface area contributed by atoms with E-state index >= 15 is 0 Å². The average Bonchev–Trinajstić information content (AvgIpc) is 2.94. The lowest BCUT2D eigenvalue weighted by molar-refractivity contribution is 0.0754. The minimum Gasteiger partial charge on any atom is -0.337 e. The molecule has 23 heavy (non-hydrogen) atoms. The Morgan fingerprint density at radius 1 is 1.26 bits per heavy atom. The molecule has 2 aliphatic rings. The highest BCUT2D eigenvalue weighted by molar-refractivity contribution is 5.91. The first-order chi connectivity index (χ1) is 10.8. The Labute approximate surface area is 144 Å². The Balaban J connectivity index is 0.00000192. The van der Waals surface area contributed by atoms with E-state index in [0.29, 0.717) is 11.7 Å². The number of rotatable bonds is 3. The lowest BCUT2D eigenvalue weighted by Crippen LogP contribution is -2.32. The van der Waals surface area contributed by atoms with E-state index in [1.54, 1.807) is 0 Å². The summed E-state index contributed by atoms with van der Waals surface area (Å²) in [6.45, 7) is 5.98. The van der Waals surface area contributed by atoms with Gasteiger partial charge in [-0.25, -0.2) is 4.68 Å². The fraction of sp³-hybridized carbons (Fsp3) is 0.812. The first-order valence-electron chi connectivity index (χ1n) is 8.69. The van der Waals surface area contributed by atoms with Crippen LogP contribution >= 0.6 is 12.4 Å². The van der Waals surface area contributed by atoms with Gasteiger partial charge >= 0.3 is 0 Å². The molecule has 1 amide bonds. The van der Waals surface area contributed by atoms with Crippen LogP contribution in [0.15, 0.2) is 6.20 Å². The molecule has 0 radical (unpaired) electrons. The van der Waals surface area contributed by atoms with Crippen molar-refractivity contribution in [3.8, 4) is 0 Å². The second-order valence-electron chi connectivity index (χ2n) is 6.56. The summed E-state index contributed by atoms with van der Waals surface area (Å²) < 4.78 is 1.89. The molecule has 1 aromatic rings. The Bertz CT molecular complexity index is 500. The maximum absolute atomic E-state index is 12.6. The highest BCUT2D eigenvalue weighted by Crippen LogP contribution is 2.22. The summed E-state index contributed by atoms with van der Waals surface area (Å²) >= 11 is 0. The third-order valence-corrected chi connectivity index (χ3v) is 5.12. The van der Waals surface area contributed by atoms with Gasteiger partial charge in [0.15, 0.2) is 5.69 Å². The number of carbonyl (C=O) groups excluding carboxylic acids is 1. The van der Waals surface area contributed by atoms with E-state index in [4.69, 9.17) is 0 Å². The second-order valence-corrected chi connectivity index (χ2v) is 6.56. The quantitative estimate of drug-likeness (QED) is 0.916. The van der Waals surface area contributed by atoms with Crippen LogP contribution in [0.2, 0.25) is 0 Å². The Morgan fingerprint density at radius 2 is 2.04 bits per heavy atom. The van der Waals surface area contributed by atoms with E-state index in [-0.39, 0.29) is 18.3 Å². The smallest absolute Gasteiger partial charge is 0.276 e. The van der Waals surface area contributed by atoms with E-state index in [1.165, 1.54) is 12.8 Å². The molecule has 3 rings (SSSR count). The lowest BCUT2D eigenvalue weighted by atomic mass is 9.98. The van der Waals surface area contributed by atoms with Gasteiger partial charge in [-0.3, -0.25) is 4.79 Å². The van der Waals surface area contributed by atoms with Crippen LogP contribution < -0.4 is 5.32 Å². The molecule has 0 aromatic carbocycles. The molecule has 0 aliphatic carbocycles. The molecule has 1 atom stereocenters. The molecular formula is C16H28ClN5O. The van der Waals surface area contributed by atoms with Gasteiger partial charge in [-0.15, -0.1) is 17.5 Å². The van der Waals surface area contributed by atoms with Crippen LogP contribution in [0.5, 0.6) is 0 Å². The molecule has 0 spiro atoms. The minimum absolute atomic E-state index is 0. The van der Waals surface area contributed by atoms with Gasteiger partial charge in [0.25, 0.3) is 5.91 Å². The van der Waals surface area contributed by atoms with Crippen LogP contribution in [0.4, 0.5) is 0 Å². The van der Waals surface area contributed by atoms with Gasteiger partial charge in [0, 0.05) is 13.1 Å². The van der Waals surface area contributed by atoms with Crippen molar-refractivity contribution < 1.29 is 4.79 Å².